The van der Waals surface area contributed by atoms with Crippen molar-refractivity contribution in [1.29, 1.82) is 0 Å². The second-order valence-electron chi connectivity index (χ2n) is 3.84. The van der Waals surface area contributed by atoms with Crippen molar-refractivity contribution in [3.8, 4) is 0 Å². The Hall–Kier alpha value is -1.76. The number of H-pyrrole nitrogens is 1. The first kappa shape index (κ1) is 12.7. The van der Waals surface area contributed by atoms with Gasteiger partial charge in [0.1, 0.15) is 11.6 Å². The van der Waals surface area contributed by atoms with Gasteiger partial charge in [-0.15, -0.1) is 0 Å². The number of amides is 1. The minimum atomic E-state index is -1.04. The molecule has 1 saturated heterocycles. The Morgan fingerprint density at radius 2 is 2.28 bits per heavy atom. The summed E-state index contributed by atoms with van der Waals surface area (Å²) in [5, 5.41) is 9.08. The van der Waals surface area contributed by atoms with Gasteiger partial charge in [-0.05, 0) is 12.1 Å². The van der Waals surface area contributed by atoms with Crippen LogP contribution in [0.25, 0.3) is 0 Å². The van der Waals surface area contributed by atoms with Crippen molar-refractivity contribution in [2.45, 2.75) is 6.04 Å². The quantitative estimate of drug-likeness (QED) is 0.789. The third-order valence-electron chi connectivity index (χ3n) is 2.72. The van der Waals surface area contributed by atoms with Gasteiger partial charge >= 0.3 is 5.97 Å². The van der Waals surface area contributed by atoms with Crippen LogP contribution in [0, 0.1) is 0 Å². The molecule has 0 radical (unpaired) electrons. The first-order valence-corrected chi connectivity index (χ1v) is 6.56. The number of aromatic amines is 1. The lowest BCUT2D eigenvalue weighted by molar-refractivity contribution is -0.141. The predicted molar refractivity (Wildman–Crippen MR) is 66.8 cm³/mol. The fourth-order valence-electron chi connectivity index (χ4n) is 1.80. The normalized spacial score (nSPS) is 19.6. The monoisotopic (exact) mass is 268 g/mol. The standard InChI is InChI=1S/C11H12N2O4S/c14-9-7(2-1-3-12-9)10(15)13-4-5-18-6-8(13)11(16)17/h1-3,8H,4-6H2,(H,12,14)(H,16,17). The van der Waals surface area contributed by atoms with Crippen LogP contribution in [0.4, 0.5) is 0 Å². The Morgan fingerprint density at radius 3 is 2.94 bits per heavy atom. The Labute approximate surface area is 107 Å². The van der Waals surface area contributed by atoms with E-state index in [-0.39, 0.29) is 5.56 Å². The molecule has 0 saturated carbocycles. The maximum absolute atomic E-state index is 12.2. The lowest BCUT2D eigenvalue weighted by Gasteiger charge is -2.32. The van der Waals surface area contributed by atoms with Crippen molar-refractivity contribution in [2.75, 3.05) is 18.1 Å². The molecule has 1 atom stereocenters. The average Bonchev–Trinajstić information content (AvgIpc) is 2.38. The summed E-state index contributed by atoms with van der Waals surface area (Å²) in [5.74, 6) is -0.529. The fourth-order valence-corrected chi connectivity index (χ4v) is 2.83. The summed E-state index contributed by atoms with van der Waals surface area (Å²) >= 11 is 1.49. The molecule has 96 valence electrons. The molecule has 2 N–H and O–H groups in total. The summed E-state index contributed by atoms with van der Waals surface area (Å²) in [6, 6.07) is 2.08. The number of hydrogen-bond donors (Lipinski definition) is 2. The zero-order valence-electron chi connectivity index (χ0n) is 9.46. The van der Waals surface area contributed by atoms with Gasteiger partial charge in [0.05, 0.1) is 0 Å². The number of nitrogens with one attached hydrogen (secondary N) is 1. The lowest BCUT2D eigenvalue weighted by atomic mass is 10.2. The maximum Gasteiger partial charge on any atom is 0.327 e. The van der Waals surface area contributed by atoms with E-state index in [1.807, 2.05) is 0 Å². The molecule has 1 aromatic rings. The molecule has 2 heterocycles. The summed E-state index contributed by atoms with van der Waals surface area (Å²) in [6.45, 7) is 0.342. The molecule has 1 aromatic heterocycles. The predicted octanol–water partition coefficient (Wildman–Crippen LogP) is 0.0171. The number of hydrogen-bond acceptors (Lipinski definition) is 4. The van der Waals surface area contributed by atoms with Gasteiger partial charge in [0, 0.05) is 24.2 Å². The van der Waals surface area contributed by atoms with Crippen LogP contribution in [0.5, 0.6) is 0 Å². The molecule has 1 fully saturated rings. The van der Waals surface area contributed by atoms with Gasteiger partial charge in [0.25, 0.3) is 11.5 Å². The molecule has 2 rings (SSSR count). The number of carboxylic acids is 1. The average molecular weight is 268 g/mol. The van der Waals surface area contributed by atoms with Crippen molar-refractivity contribution in [3.63, 3.8) is 0 Å². The number of thioether (sulfide) groups is 1. The molecule has 18 heavy (non-hydrogen) atoms. The van der Waals surface area contributed by atoms with Crippen LogP contribution in [0.1, 0.15) is 10.4 Å². The summed E-state index contributed by atoms with van der Waals surface area (Å²) < 4.78 is 0. The summed E-state index contributed by atoms with van der Waals surface area (Å²) in [7, 11) is 0. The van der Waals surface area contributed by atoms with E-state index in [0.29, 0.717) is 18.1 Å². The van der Waals surface area contributed by atoms with Gasteiger partial charge in [0.15, 0.2) is 0 Å². The molecule has 6 nitrogen and oxygen atoms in total. The van der Waals surface area contributed by atoms with Crippen LogP contribution in [-0.4, -0.2) is 51.0 Å². The maximum atomic E-state index is 12.2. The van der Waals surface area contributed by atoms with Crippen molar-refractivity contribution >= 4 is 23.6 Å². The van der Waals surface area contributed by atoms with E-state index in [4.69, 9.17) is 5.11 Å². The highest BCUT2D eigenvalue weighted by molar-refractivity contribution is 7.99. The zero-order chi connectivity index (χ0) is 13.1. The Bertz CT molecular complexity index is 528. The number of carbonyl (C=O) groups excluding carboxylic acids is 1. The van der Waals surface area contributed by atoms with Crippen LogP contribution < -0.4 is 5.56 Å². The van der Waals surface area contributed by atoms with E-state index in [1.54, 1.807) is 6.07 Å². The van der Waals surface area contributed by atoms with Crippen LogP contribution >= 0.6 is 11.8 Å². The third-order valence-corrected chi connectivity index (χ3v) is 3.75. The zero-order valence-corrected chi connectivity index (χ0v) is 10.3. The van der Waals surface area contributed by atoms with Gasteiger partial charge in [-0.1, -0.05) is 0 Å². The second kappa shape index (κ2) is 5.26. The number of aromatic nitrogens is 1. The molecule has 1 aliphatic rings. The number of nitrogens with zero attached hydrogens (tertiary/aromatic N) is 1. The first-order chi connectivity index (χ1) is 8.61. The molecular weight excluding hydrogens is 256 g/mol. The molecular formula is C11H12N2O4S. The van der Waals surface area contributed by atoms with Gasteiger partial charge in [-0.25, -0.2) is 4.79 Å². The minimum absolute atomic E-state index is 0.0179. The molecule has 1 unspecified atom stereocenters. The number of aliphatic carboxylic acids is 1. The van der Waals surface area contributed by atoms with E-state index in [2.05, 4.69) is 4.98 Å². The van der Waals surface area contributed by atoms with Crippen LogP contribution in [0.3, 0.4) is 0 Å². The lowest BCUT2D eigenvalue weighted by Crippen LogP contribution is -2.51. The van der Waals surface area contributed by atoms with E-state index in [0.717, 1.165) is 0 Å². The van der Waals surface area contributed by atoms with Crippen molar-refractivity contribution in [1.82, 2.24) is 9.88 Å². The van der Waals surface area contributed by atoms with Crippen LogP contribution in [0.2, 0.25) is 0 Å². The summed E-state index contributed by atoms with van der Waals surface area (Å²) in [6.07, 6.45) is 1.43. The third kappa shape index (κ3) is 2.40. The Morgan fingerprint density at radius 1 is 1.50 bits per heavy atom. The number of pyridine rings is 1. The number of rotatable bonds is 2. The second-order valence-corrected chi connectivity index (χ2v) is 4.99. The molecule has 7 heteroatoms. The Balaban J connectivity index is 2.29. The number of carbonyl (C=O) groups is 2. The van der Waals surface area contributed by atoms with Gasteiger partial charge in [-0.3, -0.25) is 9.59 Å². The van der Waals surface area contributed by atoms with E-state index < -0.39 is 23.5 Å². The highest BCUT2D eigenvalue weighted by Gasteiger charge is 2.33. The van der Waals surface area contributed by atoms with Crippen LogP contribution in [-0.2, 0) is 4.79 Å². The summed E-state index contributed by atoms with van der Waals surface area (Å²) in [5.41, 5.74) is -0.513. The molecule has 1 aliphatic heterocycles. The SMILES string of the molecule is O=C(O)C1CSCCN1C(=O)c1ccc[nH]c1=O. The minimum Gasteiger partial charge on any atom is -0.480 e. The van der Waals surface area contributed by atoms with E-state index >= 15 is 0 Å². The highest BCUT2D eigenvalue weighted by atomic mass is 32.2. The van der Waals surface area contributed by atoms with Gasteiger partial charge in [0.2, 0.25) is 0 Å². The van der Waals surface area contributed by atoms with Crippen LogP contribution in [0.15, 0.2) is 23.1 Å². The number of carboxylic acid groups (broad SMARTS) is 1. The van der Waals surface area contributed by atoms with Crippen molar-refractivity contribution < 1.29 is 14.7 Å². The largest absolute Gasteiger partial charge is 0.480 e. The highest BCUT2D eigenvalue weighted by Crippen LogP contribution is 2.18. The first-order valence-electron chi connectivity index (χ1n) is 5.40. The fraction of sp³-hybridized carbons (Fsp3) is 0.364. The van der Waals surface area contributed by atoms with E-state index in [9.17, 15) is 14.4 Å². The molecule has 1 amide bonds. The smallest absolute Gasteiger partial charge is 0.327 e. The molecule has 0 spiro atoms. The summed E-state index contributed by atoms with van der Waals surface area (Å²) in [4.78, 5) is 38.4. The van der Waals surface area contributed by atoms with E-state index in [1.165, 1.54) is 28.9 Å². The van der Waals surface area contributed by atoms with Gasteiger partial charge < -0.3 is 15.0 Å². The molecule has 0 aliphatic carbocycles. The molecule has 0 bridgehead atoms. The van der Waals surface area contributed by atoms with Gasteiger partial charge in [-0.2, -0.15) is 11.8 Å². The Kier molecular flexibility index (Phi) is 3.71. The van der Waals surface area contributed by atoms with Crippen molar-refractivity contribution in [3.05, 3.63) is 34.2 Å². The van der Waals surface area contributed by atoms with Crippen molar-refractivity contribution in [2.24, 2.45) is 0 Å². The topological polar surface area (TPSA) is 90.5 Å². The molecule has 0 aromatic carbocycles.